The lowest BCUT2D eigenvalue weighted by atomic mass is 10.1. The molecular weight excluding hydrogens is 398 g/mol. The largest absolute Gasteiger partial charge is 0.488 e. The molecule has 0 radical (unpaired) electrons. The second-order valence-electron chi connectivity index (χ2n) is 7.31. The van der Waals surface area contributed by atoms with Gasteiger partial charge in [-0.1, -0.05) is 48.0 Å². The molecule has 3 aromatic rings. The van der Waals surface area contributed by atoms with Gasteiger partial charge in [-0.25, -0.2) is 4.79 Å². The highest BCUT2D eigenvalue weighted by molar-refractivity contribution is 6.30. The number of hydrogen-bond acceptors (Lipinski definition) is 3. The van der Waals surface area contributed by atoms with Gasteiger partial charge in [0.2, 0.25) is 0 Å². The van der Waals surface area contributed by atoms with E-state index in [1.165, 1.54) is 0 Å². The minimum Gasteiger partial charge on any atom is -0.488 e. The molecule has 0 bridgehead atoms. The molecule has 1 N–H and O–H groups in total. The smallest absolute Gasteiger partial charge is 0.335 e. The number of nitrogens with zero attached hydrogens (tertiary/aromatic N) is 1. The monoisotopic (exact) mass is 419 g/mol. The Bertz CT molecular complexity index is 1080. The average molecular weight is 420 g/mol. The van der Waals surface area contributed by atoms with E-state index in [2.05, 4.69) is 17.9 Å². The van der Waals surface area contributed by atoms with Gasteiger partial charge in [-0.3, -0.25) is 0 Å². The van der Waals surface area contributed by atoms with E-state index in [9.17, 15) is 9.90 Å². The lowest BCUT2D eigenvalue weighted by Crippen LogP contribution is -2.26. The quantitative estimate of drug-likeness (QED) is 0.512. The first-order valence-electron chi connectivity index (χ1n) is 9.82. The van der Waals surface area contributed by atoms with Crippen molar-refractivity contribution in [2.45, 2.75) is 26.0 Å². The SMILES string of the molecule is CC1CC=C(c2cc(Cl)ccc2OCc2ccccc2)N1c1ccc(C(=O)O)cc1. The number of rotatable bonds is 6. The van der Waals surface area contributed by atoms with Crippen molar-refractivity contribution in [1.29, 1.82) is 0 Å². The fourth-order valence-corrected chi connectivity index (χ4v) is 3.86. The van der Waals surface area contributed by atoms with E-state index in [1.807, 2.05) is 60.7 Å². The Morgan fingerprint density at radius 3 is 2.53 bits per heavy atom. The zero-order valence-electron chi connectivity index (χ0n) is 16.6. The van der Waals surface area contributed by atoms with Crippen LogP contribution in [0.25, 0.3) is 5.70 Å². The van der Waals surface area contributed by atoms with Gasteiger partial charge in [-0.2, -0.15) is 0 Å². The Labute approximate surface area is 181 Å². The van der Waals surface area contributed by atoms with Crippen molar-refractivity contribution >= 4 is 29.0 Å². The molecular formula is C25H22ClNO3. The van der Waals surface area contributed by atoms with Crippen LogP contribution in [0, 0.1) is 0 Å². The molecule has 4 rings (SSSR count). The second-order valence-corrected chi connectivity index (χ2v) is 7.75. The number of carboxylic acids is 1. The first-order valence-corrected chi connectivity index (χ1v) is 10.2. The van der Waals surface area contributed by atoms with Crippen LogP contribution in [0.5, 0.6) is 5.75 Å². The molecule has 1 atom stereocenters. The number of anilines is 1. The molecule has 5 heteroatoms. The van der Waals surface area contributed by atoms with Crippen LogP contribution in [-0.4, -0.2) is 17.1 Å². The number of ether oxygens (including phenoxy) is 1. The number of benzene rings is 3. The summed E-state index contributed by atoms with van der Waals surface area (Å²) in [4.78, 5) is 13.4. The van der Waals surface area contributed by atoms with Crippen LogP contribution in [0.2, 0.25) is 5.02 Å². The summed E-state index contributed by atoms with van der Waals surface area (Å²) < 4.78 is 6.16. The van der Waals surface area contributed by atoms with Crippen LogP contribution < -0.4 is 9.64 Å². The normalized spacial score (nSPS) is 15.7. The molecule has 3 aromatic carbocycles. The predicted octanol–water partition coefficient (Wildman–Crippen LogP) is 6.26. The highest BCUT2D eigenvalue weighted by Gasteiger charge is 2.27. The maximum Gasteiger partial charge on any atom is 0.335 e. The number of carbonyl (C=O) groups is 1. The number of carboxylic acid groups (broad SMARTS) is 1. The molecule has 0 aromatic heterocycles. The summed E-state index contributed by atoms with van der Waals surface area (Å²) in [7, 11) is 0. The summed E-state index contributed by atoms with van der Waals surface area (Å²) in [6.07, 6.45) is 3.05. The first-order chi connectivity index (χ1) is 14.5. The summed E-state index contributed by atoms with van der Waals surface area (Å²) >= 11 is 6.33. The molecule has 4 nitrogen and oxygen atoms in total. The summed E-state index contributed by atoms with van der Waals surface area (Å²) in [6.45, 7) is 2.61. The maximum atomic E-state index is 11.2. The minimum absolute atomic E-state index is 0.233. The lowest BCUT2D eigenvalue weighted by molar-refractivity contribution is 0.0697. The molecule has 0 fully saturated rings. The molecule has 0 saturated heterocycles. The van der Waals surface area contributed by atoms with E-state index in [-0.39, 0.29) is 11.6 Å². The molecule has 0 saturated carbocycles. The summed E-state index contributed by atoms with van der Waals surface area (Å²) in [5.74, 6) is -0.172. The fraction of sp³-hybridized carbons (Fsp3) is 0.160. The fourth-order valence-electron chi connectivity index (χ4n) is 3.68. The molecule has 0 amide bonds. The van der Waals surface area contributed by atoms with E-state index in [0.717, 1.165) is 34.7 Å². The standard InChI is InChI=1S/C25H22ClNO3/c1-17-7-13-23(27(17)21-11-8-19(9-12-21)25(28)29)22-15-20(26)10-14-24(22)30-16-18-5-3-2-4-6-18/h2-6,8-15,17H,7,16H2,1H3,(H,28,29). The topological polar surface area (TPSA) is 49.8 Å². The zero-order chi connectivity index (χ0) is 21.1. The maximum absolute atomic E-state index is 11.2. The molecule has 152 valence electrons. The number of halogens is 1. The summed E-state index contributed by atoms with van der Waals surface area (Å²) in [5, 5.41) is 9.82. The number of hydrogen-bond donors (Lipinski definition) is 1. The molecule has 1 aliphatic rings. The van der Waals surface area contributed by atoms with Gasteiger partial charge in [0.05, 0.1) is 5.56 Å². The van der Waals surface area contributed by atoms with Crippen molar-refractivity contribution in [3.05, 3.63) is 101 Å². The molecule has 30 heavy (non-hydrogen) atoms. The number of aromatic carboxylic acids is 1. The Hall–Kier alpha value is -3.24. The van der Waals surface area contributed by atoms with E-state index >= 15 is 0 Å². The molecule has 0 aliphatic carbocycles. The van der Waals surface area contributed by atoms with Gasteiger partial charge in [0.15, 0.2) is 0 Å². The average Bonchev–Trinajstić information content (AvgIpc) is 3.14. The van der Waals surface area contributed by atoms with E-state index in [1.54, 1.807) is 12.1 Å². The Morgan fingerprint density at radius 2 is 1.83 bits per heavy atom. The Balaban J connectivity index is 1.66. The Morgan fingerprint density at radius 1 is 1.10 bits per heavy atom. The van der Waals surface area contributed by atoms with Crippen molar-refractivity contribution in [3.63, 3.8) is 0 Å². The van der Waals surface area contributed by atoms with Gasteiger partial charge in [0.1, 0.15) is 12.4 Å². The van der Waals surface area contributed by atoms with Gasteiger partial charge in [-0.15, -0.1) is 0 Å². The second kappa shape index (κ2) is 8.64. The van der Waals surface area contributed by atoms with Gasteiger partial charge in [0.25, 0.3) is 0 Å². The van der Waals surface area contributed by atoms with Crippen LogP contribution in [-0.2, 0) is 6.61 Å². The molecule has 0 spiro atoms. The van der Waals surface area contributed by atoms with Crippen molar-refractivity contribution in [3.8, 4) is 5.75 Å². The van der Waals surface area contributed by atoms with Crippen LogP contribution in [0.15, 0.2) is 78.9 Å². The van der Waals surface area contributed by atoms with E-state index in [4.69, 9.17) is 16.3 Å². The predicted molar refractivity (Wildman–Crippen MR) is 120 cm³/mol. The van der Waals surface area contributed by atoms with Gasteiger partial charge < -0.3 is 14.7 Å². The van der Waals surface area contributed by atoms with Gasteiger partial charge in [0, 0.05) is 28.0 Å². The van der Waals surface area contributed by atoms with Gasteiger partial charge >= 0.3 is 5.97 Å². The first kappa shape index (κ1) is 20.0. The molecule has 1 aliphatic heterocycles. The van der Waals surface area contributed by atoms with Crippen molar-refractivity contribution in [1.82, 2.24) is 0 Å². The summed E-state index contributed by atoms with van der Waals surface area (Å²) in [6, 6.07) is 22.9. The van der Waals surface area contributed by atoms with Crippen molar-refractivity contribution < 1.29 is 14.6 Å². The van der Waals surface area contributed by atoms with Crippen LogP contribution >= 0.6 is 11.6 Å². The third-order valence-corrected chi connectivity index (χ3v) is 5.43. The highest BCUT2D eigenvalue weighted by atomic mass is 35.5. The molecule has 1 unspecified atom stereocenters. The van der Waals surface area contributed by atoms with Crippen LogP contribution in [0.4, 0.5) is 5.69 Å². The third-order valence-electron chi connectivity index (χ3n) is 5.20. The summed E-state index contributed by atoms with van der Waals surface area (Å²) in [5.41, 5.74) is 4.23. The third kappa shape index (κ3) is 4.19. The van der Waals surface area contributed by atoms with Crippen molar-refractivity contribution in [2.75, 3.05) is 4.90 Å². The Kier molecular flexibility index (Phi) is 5.77. The lowest BCUT2D eigenvalue weighted by Gasteiger charge is -2.29. The van der Waals surface area contributed by atoms with Crippen LogP contribution in [0.1, 0.15) is 34.8 Å². The van der Waals surface area contributed by atoms with E-state index < -0.39 is 5.97 Å². The van der Waals surface area contributed by atoms with E-state index in [0.29, 0.717) is 11.6 Å². The van der Waals surface area contributed by atoms with Crippen LogP contribution in [0.3, 0.4) is 0 Å². The minimum atomic E-state index is -0.932. The van der Waals surface area contributed by atoms with Crippen molar-refractivity contribution in [2.24, 2.45) is 0 Å². The zero-order valence-corrected chi connectivity index (χ0v) is 17.3. The van der Waals surface area contributed by atoms with Gasteiger partial charge in [-0.05, 0) is 61.4 Å². The highest BCUT2D eigenvalue weighted by Crippen LogP contribution is 2.40. The molecule has 1 heterocycles.